The molecule has 220 valence electrons. The van der Waals surface area contributed by atoms with Crippen molar-refractivity contribution in [3.63, 3.8) is 0 Å². The molecule has 3 aromatic rings. The molecule has 0 unspecified atom stereocenters. The molecule has 0 radical (unpaired) electrons. The second-order valence-corrected chi connectivity index (χ2v) is 11.2. The average Bonchev–Trinajstić information content (AvgIpc) is 2.98. The number of esters is 1. The van der Waals surface area contributed by atoms with Gasteiger partial charge in [-0.25, -0.2) is 9.59 Å². The van der Waals surface area contributed by atoms with Gasteiger partial charge in [-0.3, -0.25) is 4.90 Å². The molecule has 0 aliphatic carbocycles. The van der Waals surface area contributed by atoms with E-state index in [1.165, 1.54) is 18.4 Å². The van der Waals surface area contributed by atoms with Crippen LogP contribution in [0.3, 0.4) is 0 Å². The van der Waals surface area contributed by atoms with Crippen molar-refractivity contribution in [1.82, 2.24) is 5.32 Å². The van der Waals surface area contributed by atoms with Crippen molar-refractivity contribution in [2.75, 3.05) is 11.4 Å². The monoisotopic (exact) mass is 566 g/mol. The zero-order valence-electron chi connectivity index (χ0n) is 25.3. The second kappa shape index (κ2) is 14.6. The number of carbonyl (C=O) groups is 2. The van der Waals surface area contributed by atoms with Gasteiger partial charge in [-0.1, -0.05) is 75.6 Å². The molecule has 42 heavy (non-hydrogen) atoms. The van der Waals surface area contributed by atoms with Crippen molar-refractivity contribution >= 4 is 17.7 Å². The van der Waals surface area contributed by atoms with E-state index in [1.807, 2.05) is 24.3 Å². The van der Waals surface area contributed by atoms with E-state index < -0.39 is 11.8 Å². The van der Waals surface area contributed by atoms with Gasteiger partial charge in [0.2, 0.25) is 5.79 Å². The van der Waals surface area contributed by atoms with E-state index in [0.29, 0.717) is 30.1 Å². The van der Waals surface area contributed by atoms with Gasteiger partial charge in [0.05, 0.1) is 6.54 Å². The molecule has 0 atom stereocenters. The Balaban J connectivity index is 1.49. The zero-order chi connectivity index (χ0) is 30.0. The van der Waals surface area contributed by atoms with E-state index in [0.717, 1.165) is 48.8 Å². The van der Waals surface area contributed by atoms with Crippen molar-refractivity contribution in [1.29, 1.82) is 0 Å². The third-order valence-corrected chi connectivity index (χ3v) is 7.16. The van der Waals surface area contributed by atoms with Gasteiger partial charge in [0.1, 0.15) is 11.3 Å². The van der Waals surface area contributed by atoms with Crippen LogP contribution in [0.5, 0.6) is 5.75 Å². The molecule has 0 bridgehead atoms. The van der Waals surface area contributed by atoms with Crippen LogP contribution in [-0.4, -0.2) is 24.3 Å². The third-order valence-electron chi connectivity index (χ3n) is 7.16. The van der Waals surface area contributed by atoms with Crippen LogP contribution < -0.4 is 15.0 Å². The number of rotatable bonds is 11. The summed E-state index contributed by atoms with van der Waals surface area (Å²) < 4.78 is 11.2. The molecule has 1 aliphatic heterocycles. The first kappa shape index (κ1) is 30.7. The summed E-state index contributed by atoms with van der Waals surface area (Å²) in [4.78, 5) is 27.7. The summed E-state index contributed by atoms with van der Waals surface area (Å²) in [5, 5.41) is 3.05. The molecule has 4 rings (SSSR count). The summed E-state index contributed by atoms with van der Waals surface area (Å²) in [6.45, 7) is 8.67. The molecular weight excluding hydrogens is 524 g/mol. The summed E-state index contributed by atoms with van der Waals surface area (Å²) in [6, 6.07) is 21.3. The molecule has 6 heteroatoms. The predicted octanol–water partition coefficient (Wildman–Crippen LogP) is 8.01. The first-order valence-electron chi connectivity index (χ1n) is 15.1. The minimum atomic E-state index is -1.04. The summed E-state index contributed by atoms with van der Waals surface area (Å²) >= 11 is 0. The van der Waals surface area contributed by atoms with E-state index in [1.54, 1.807) is 36.9 Å². The Morgan fingerprint density at radius 3 is 2.10 bits per heavy atom. The summed E-state index contributed by atoms with van der Waals surface area (Å²) in [6.07, 6.45) is 7.75. The Kier molecular flexibility index (Phi) is 10.7. The highest BCUT2D eigenvalue weighted by molar-refractivity contribution is 5.97. The normalized spacial score (nSPS) is 13.2. The Morgan fingerprint density at radius 1 is 0.810 bits per heavy atom. The molecule has 1 heterocycles. The van der Waals surface area contributed by atoms with Crippen molar-refractivity contribution in [2.45, 2.75) is 85.0 Å². The van der Waals surface area contributed by atoms with Crippen LogP contribution in [0.4, 0.5) is 10.5 Å². The van der Waals surface area contributed by atoms with Crippen LogP contribution in [-0.2, 0) is 17.7 Å². The summed E-state index contributed by atoms with van der Waals surface area (Å²) in [7, 11) is 0. The maximum atomic E-state index is 13.4. The molecule has 1 aliphatic rings. The molecule has 3 aromatic carbocycles. The van der Waals surface area contributed by atoms with Crippen molar-refractivity contribution in [2.24, 2.45) is 0 Å². The van der Waals surface area contributed by atoms with Gasteiger partial charge in [0, 0.05) is 37.2 Å². The number of hydrogen-bond donors (Lipinski definition) is 1. The lowest BCUT2D eigenvalue weighted by atomic mass is 10.1. The molecule has 0 saturated carbocycles. The number of ether oxygens (including phenoxy) is 2. The van der Waals surface area contributed by atoms with E-state index >= 15 is 0 Å². The molecule has 1 N–H and O–H groups in total. The van der Waals surface area contributed by atoms with Crippen LogP contribution in [0.25, 0.3) is 0 Å². The van der Waals surface area contributed by atoms with Gasteiger partial charge in [-0.05, 0) is 72.9 Å². The maximum absolute atomic E-state index is 13.4. The standard InChI is InChI=1S/C36H42N2O4/c1-5-7-9-10-24-37-35(40)38(31-22-23-33-32(25-31)34(39)42-36(3,4)41-33)26-30-20-18-29(19-21-30)17-16-28-14-12-27(13-15-28)11-8-6-2/h12-15,18-23,25H,5-11,24,26H2,1-4H3,(H,37,40). The number of amides is 2. The van der Waals surface area contributed by atoms with Gasteiger partial charge >= 0.3 is 12.0 Å². The van der Waals surface area contributed by atoms with Crippen LogP contribution in [0.1, 0.15) is 98.8 Å². The number of hydrogen-bond acceptors (Lipinski definition) is 4. The largest absolute Gasteiger partial charge is 0.452 e. The highest BCUT2D eigenvalue weighted by Crippen LogP contribution is 2.34. The first-order valence-corrected chi connectivity index (χ1v) is 15.1. The fourth-order valence-corrected chi connectivity index (χ4v) is 4.78. The quantitative estimate of drug-likeness (QED) is 0.145. The first-order chi connectivity index (χ1) is 20.3. The van der Waals surface area contributed by atoms with Crippen molar-refractivity contribution < 1.29 is 19.1 Å². The number of urea groups is 1. The number of anilines is 1. The molecule has 0 fully saturated rings. The number of carbonyl (C=O) groups excluding carboxylic acids is 2. The number of nitrogens with zero attached hydrogens (tertiary/aromatic N) is 1. The van der Waals surface area contributed by atoms with Crippen molar-refractivity contribution in [3.05, 3.63) is 94.5 Å². The van der Waals surface area contributed by atoms with E-state index in [9.17, 15) is 9.59 Å². The molecule has 2 amide bonds. The van der Waals surface area contributed by atoms with Gasteiger partial charge in [-0.2, -0.15) is 0 Å². The summed E-state index contributed by atoms with van der Waals surface area (Å²) in [5.74, 6) is 5.42. The lowest BCUT2D eigenvalue weighted by molar-refractivity contribution is -0.127. The van der Waals surface area contributed by atoms with Crippen LogP contribution in [0.2, 0.25) is 0 Å². The van der Waals surface area contributed by atoms with Gasteiger partial charge < -0.3 is 14.8 Å². The van der Waals surface area contributed by atoms with E-state index in [-0.39, 0.29) is 6.03 Å². The molecule has 6 nitrogen and oxygen atoms in total. The van der Waals surface area contributed by atoms with Gasteiger partial charge in [0.15, 0.2) is 0 Å². The smallest absolute Gasteiger partial charge is 0.345 e. The Hall–Kier alpha value is -4.24. The maximum Gasteiger partial charge on any atom is 0.345 e. The fraction of sp³-hybridized carbons (Fsp3) is 0.389. The summed E-state index contributed by atoms with van der Waals surface area (Å²) in [5.41, 5.74) is 5.06. The number of nitrogens with one attached hydrogen (secondary N) is 1. The molecular formula is C36H42N2O4. The minimum absolute atomic E-state index is 0.219. The minimum Gasteiger partial charge on any atom is -0.452 e. The molecule has 0 saturated heterocycles. The van der Waals surface area contributed by atoms with Crippen LogP contribution >= 0.6 is 0 Å². The Labute approximate surface area is 250 Å². The van der Waals surface area contributed by atoms with Gasteiger partial charge in [-0.15, -0.1) is 0 Å². The van der Waals surface area contributed by atoms with Crippen LogP contribution in [0.15, 0.2) is 66.7 Å². The Morgan fingerprint density at radius 2 is 1.45 bits per heavy atom. The number of benzene rings is 3. The second-order valence-electron chi connectivity index (χ2n) is 11.2. The Bertz CT molecular complexity index is 1420. The predicted molar refractivity (Wildman–Crippen MR) is 168 cm³/mol. The SMILES string of the molecule is CCCCCCNC(=O)N(Cc1ccc(C#Cc2ccc(CCCC)cc2)cc1)c1ccc2c(c1)C(=O)OC(C)(C)O2. The number of unbranched alkanes of at least 4 members (excludes halogenated alkanes) is 4. The number of cyclic esters (lactones) is 1. The van der Waals surface area contributed by atoms with E-state index in [4.69, 9.17) is 9.47 Å². The highest BCUT2D eigenvalue weighted by atomic mass is 16.7. The lowest BCUT2D eigenvalue weighted by Gasteiger charge is -2.32. The highest BCUT2D eigenvalue weighted by Gasteiger charge is 2.34. The number of aryl methyl sites for hydroxylation is 1. The lowest BCUT2D eigenvalue weighted by Crippen LogP contribution is -2.41. The number of fused-ring (bicyclic) bond motifs is 1. The topological polar surface area (TPSA) is 67.9 Å². The van der Waals surface area contributed by atoms with Gasteiger partial charge in [0.25, 0.3) is 0 Å². The third kappa shape index (κ3) is 8.63. The fourth-order valence-electron chi connectivity index (χ4n) is 4.78. The molecule has 0 aromatic heterocycles. The zero-order valence-corrected chi connectivity index (χ0v) is 25.3. The molecule has 0 spiro atoms. The van der Waals surface area contributed by atoms with E-state index in [2.05, 4.69) is 55.3 Å². The van der Waals surface area contributed by atoms with Crippen molar-refractivity contribution in [3.8, 4) is 17.6 Å². The average molecular weight is 567 g/mol. The van der Waals surface area contributed by atoms with Crippen LogP contribution in [0, 0.1) is 11.8 Å².